The maximum absolute atomic E-state index is 12.3. The lowest BCUT2D eigenvalue weighted by Gasteiger charge is -2.37. The van der Waals surface area contributed by atoms with Crippen LogP contribution in [0.4, 0.5) is 0 Å². The summed E-state index contributed by atoms with van der Waals surface area (Å²) in [5, 5.41) is 2.79. The van der Waals surface area contributed by atoms with Gasteiger partial charge in [-0.2, -0.15) is 4.31 Å². The molecule has 1 fully saturated rings. The summed E-state index contributed by atoms with van der Waals surface area (Å²) in [4.78, 5) is 16.5. The quantitative estimate of drug-likeness (QED) is 0.808. The molecule has 1 aliphatic heterocycles. The van der Waals surface area contributed by atoms with Gasteiger partial charge in [-0.05, 0) is 19.1 Å². The third-order valence-electron chi connectivity index (χ3n) is 3.58. The summed E-state index contributed by atoms with van der Waals surface area (Å²) in [6.07, 6.45) is 3.45. The number of ether oxygens (including phenoxy) is 1. The van der Waals surface area contributed by atoms with Crippen molar-refractivity contribution in [3.8, 4) is 0 Å². The van der Waals surface area contributed by atoms with Gasteiger partial charge in [-0.15, -0.1) is 0 Å². The summed E-state index contributed by atoms with van der Waals surface area (Å²) >= 11 is 0. The molecule has 122 valence electrons. The van der Waals surface area contributed by atoms with Crippen LogP contribution in [0.3, 0.4) is 0 Å². The Morgan fingerprint density at radius 2 is 2.27 bits per heavy atom. The summed E-state index contributed by atoms with van der Waals surface area (Å²) in [6, 6.07) is 5.61. The first kappa shape index (κ1) is 16.9. The molecule has 0 spiro atoms. The van der Waals surface area contributed by atoms with Crippen molar-refractivity contribution in [3.05, 3.63) is 30.1 Å². The van der Waals surface area contributed by atoms with Gasteiger partial charge in [-0.3, -0.25) is 9.78 Å². The molecule has 2 heterocycles. The normalized spacial score (nSPS) is 23.2. The van der Waals surface area contributed by atoms with E-state index in [2.05, 4.69) is 10.3 Å². The van der Waals surface area contributed by atoms with E-state index in [1.807, 2.05) is 18.2 Å². The highest BCUT2D eigenvalue weighted by atomic mass is 32.2. The number of aromatic nitrogens is 1. The van der Waals surface area contributed by atoms with Gasteiger partial charge in [0.1, 0.15) is 0 Å². The minimum absolute atomic E-state index is 0.0290. The lowest BCUT2D eigenvalue weighted by Crippen LogP contribution is -2.59. The molecule has 0 unspecified atom stereocenters. The Labute approximate surface area is 130 Å². The fourth-order valence-corrected chi connectivity index (χ4v) is 3.18. The van der Waals surface area contributed by atoms with E-state index in [1.54, 1.807) is 13.1 Å². The molecular weight excluding hydrogens is 306 g/mol. The third-order valence-corrected chi connectivity index (χ3v) is 4.83. The van der Waals surface area contributed by atoms with Crippen LogP contribution in [0.2, 0.25) is 0 Å². The summed E-state index contributed by atoms with van der Waals surface area (Å²) in [5.74, 6) is -0.309. The molecule has 1 aliphatic rings. The van der Waals surface area contributed by atoms with Gasteiger partial charge >= 0.3 is 0 Å². The number of morpholine rings is 1. The van der Waals surface area contributed by atoms with Crippen LogP contribution in [-0.2, 0) is 26.0 Å². The van der Waals surface area contributed by atoms with E-state index in [0.29, 0.717) is 13.0 Å². The number of hydrogen-bond donors (Lipinski definition) is 1. The Kier molecular flexibility index (Phi) is 5.15. The maximum Gasteiger partial charge on any atom is 0.253 e. The molecule has 0 saturated carbocycles. The molecule has 1 atom stereocenters. The lowest BCUT2D eigenvalue weighted by atomic mass is 10.0. The highest BCUT2D eigenvalue weighted by Crippen LogP contribution is 2.19. The van der Waals surface area contributed by atoms with Crippen LogP contribution < -0.4 is 5.32 Å². The molecule has 8 heteroatoms. The molecule has 0 bridgehead atoms. The number of carbonyl (C=O) groups is 1. The number of hydrogen-bond acceptors (Lipinski definition) is 5. The summed E-state index contributed by atoms with van der Waals surface area (Å²) in [5.41, 5.74) is -0.277. The van der Waals surface area contributed by atoms with Crippen molar-refractivity contribution in [2.75, 3.05) is 32.5 Å². The Balaban J connectivity index is 1.90. The Morgan fingerprint density at radius 3 is 2.91 bits per heavy atom. The van der Waals surface area contributed by atoms with Gasteiger partial charge in [0.15, 0.2) is 5.60 Å². The Morgan fingerprint density at radius 1 is 1.50 bits per heavy atom. The third kappa shape index (κ3) is 4.25. The zero-order valence-corrected chi connectivity index (χ0v) is 13.6. The van der Waals surface area contributed by atoms with Crippen LogP contribution in [0.15, 0.2) is 24.4 Å². The molecule has 22 heavy (non-hydrogen) atoms. The first-order valence-corrected chi connectivity index (χ1v) is 8.93. The van der Waals surface area contributed by atoms with E-state index in [-0.39, 0.29) is 25.6 Å². The van der Waals surface area contributed by atoms with E-state index in [0.717, 1.165) is 11.9 Å². The highest BCUT2D eigenvalue weighted by Gasteiger charge is 2.41. The van der Waals surface area contributed by atoms with Crippen molar-refractivity contribution < 1.29 is 17.9 Å². The minimum atomic E-state index is -3.33. The van der Waals surface area contributed by atoms with Gasteiger partial charge < -0.3 is 10.1 Å². The van der Waals surface area contributed by atoms with E-state index in [9.17, 15) is 13.2 Å². The Hall–Kier alpha value is -1.51. The zero-order chi connectivity index (χ0) is 16.2. The van der Waals surface area contributed by atoms with Gasteiger partial charge in [-0.25, -0.2) is 8.42 Å². The zero-order valence-electron chi connectivity index (χ0n) is 12.8. The van der Waals surface area contributed by atoms with Crippen molar-refractivity contribution in [2.45, 2.75) is 18.9 Å². The molecule has 0 aromatic carbocycles. The smallest absolute Gasteiger partial charge is 0.253 e. The average molecular weight is 327 g/mol. The molecule has 0 aliphatic carbocycles. The molecule has 2 rings (SSSR count). The Bertz CT molecular complexity index is 620. The summed E-state index contributed by atoms with van der Waals surface area (Å²) in [6.45, 7) is 2.54. The van der Waals surface area contributed by atoms with E-state index < -0.39 is 15.6 Å². The largest absolute Gasteiger partial charge is 0.363 e. The first-order valence-electron chi connectivity index (χ1n) is 7.08. The van der Waals surface area contributed by atoms with Gasteiger partial charge in [-0.1, -0.05) is 6.07 Å². The number of rotatable bonds is 5. The van der Waals surface area contributed by atoms with Crippen LogP contribution in [0.1, 0.15) is 12.6 Å². The van der Waals surface area contributed by atoms with Gasteiger partial charge in [0.25, 0.3) is 5.91 Å². The second-order valence-corrected chi connectivity index (χ2v) is 7.49. The number of amides is 1. The van der Waals surface area contributed by atoms with Crippen molar-refractivity contribution in [1.29, 1.82) is 0 Å². The molecule has 1 N–H and O–H groups in total. The first-order chi connectivity index (χ1) is 10.3. The van der Waals surface area contributed by atoms with Crippen LogP contribution >= 0.6 is 0 Å². The second kappa shape index (κ2) is 6.72. The standard InChI is InChI=1S/C14H21N3O4S/c1-14(11-17(9-10-21-14)22(2,19)20)13(18)16-8-6-12-5-3-4-7-15-12/h3-5,7H,6,8-11H2,1-2H3,(H,16,18)/t14-/m1/s1. The van der Waals surface area contributed by atoms with Gasteiger partial charge in [0.2, 0.25) is 10.0 Å². The predicted octanol–water partition coefficient (Wildman–Crippen LogP) is -0.209. The van der Waals surface area contributed by atoms with Crippen LogP contribution in [0, 0.1) is 0 Å². The monoisotopic (exact) mass is 327 g/mol. The average Bonchev–Trinajstić information content (AvgIpc) is 2.47. The second-order valence-electron chi connectivity index (χ2n) is 5.50. The lowest BCUT2D eigenvalue weighted by molar-refractivity contribution is -0.152. The SMILES string of the molecule is C[C@]1(C(=O)NCCc2ccccn2)CN(S(C)(=O)=O)CCO1. The van der Waals surface area contributed by atoms with Crippen molar-refractivity contribution in [2.24, 2.45) is 0 Å². The van der Waals surface area contributed by atoms with Crippen molar-refractivity contribution in [1.82, 2.24) is 14.6 Å². The minimum Gasteiger partial charge on any atom is -0.363 e. The van der Waals surface area contributed by atoms with Crippen LogP contribution in [-0.4, -0.2) is 61.7 Å². The summed E-state index contributed by atoms with van der Waals surface area (Å²) < 4.78 is 30.0. The van der Waals surface area contributed by atoms with Gasteiger partial charge in [0.05, 0.1) is 19.4 Å². The molecule has 1 saturated heterocycles. The number of pyridine rings is 1. The van der Waals surface area contributed by atoms with E-state index in [4.69, 9.17) is 4.74 Å². The number of carbonyl (C=O) groups excluding carboxylic acids is 1. The van der Waals surface area contributed by atoms with Crippen LogP contribution in [0.5, 0.6) is 0 Å². The number of nitrogens with zero attached hydrogens (tertiary/aromatic N) is 2. The van der Waals surface area contributed by atoms with Gasteiger partial charge in [0, 0.05) is 31.4 Å². The van der Waals surface area contributed by atoms with Crippen LogP contribution in [0.25, 0.3) is 0 Å². The number of nitrogens with one attached hydrogen (secondary N) is 1. The molecule has 1 amide bonds. The van der Waals surface area contributed by atoms with E-state index >= 15 is 0 Å². The summed E-state index contributed by atoms with van der Waals surface area (Å²) in [7, 11) is -3.33. The molecule has 1 aromatic heterocycles. The van der Waals surface area contributed by atoms with Crippen molar-refractivity contribution >= 4 is 15.9 Å². The van der Waals surface area contributed by atoms with Crippen molar-refractivity contribution in [3.63, 3.8) is 0 Å². The fraction of sp³-hybridized carbons (Fsp3) is 0.571. The fourth-order valence-electron chi connectivity index (χ4n) is 2.29. The maximum atomic E-state index is 12.3. The highest BCUT2D eigenvalue weighted by molar-refractivity contribution is 7.88. The topological polar surface area (TPSA) is 88.6 Å². The van der Waals surface area contributed by atoms with E-state index in [1.165, 1.54) is 4.31 Å². The molecular formula is C14H21N3O4S. The number of sulfonamides is 1. The molecule has 0 radical (unpaired) electrons. The molecule has 7 nitrogen and oxygen atoms in total. The molecule has 1 aromatic rings. The predicted molar refractivity (Wildman–Crippen MR) is 81.7 cm³/mol.